The first-order valence-corrected chi connectivity index (χ1v) is 7.59. The van der Waals surface area contributed by atoms with Gasteiger partial charge in [0.1, 0.15) is 0 Å². The highest BCUT2D eigenvalue weighted by molar-refractivity contribution is 7.19. The average Bonchev–Trinajstić information content (AvgIpc) is 3.00. The molecule has 2 heterocycles. The molecule has 0 aliphatic carbocycles. The molecule has 3 rings (SSSR count). The number of aryl methyl sites for hydroxylation is 2. The van der Waals surface area contributed by atoms with Gasteiger partial charge >= 0.3 is 0 Å². The third-order valence-corrected chi connectivity index (χ3v) is 4.60. The lowest BCUT2D eigenvalue weighted by Crippen LogP contribution is -2.26. The van der Waals surface area contributed by atoms with Crippen LogP contribution in [0.15, 0.2) is 36.7 Å². The number of amides is 1. The van der Waals surface area contributed by atoms with E-state index in [1.165, 1.54) is 0 Å². The summed E-state index contributed by atoms with van der Waals surface area (Å²) in [4.78, 5) is 15.6. The van der Waals surface area contributed by atoms with Gasteiger partial charge in [-0.1, -0.05) is 18.2 Å². The molecule has 1 amide bonds. The van der Waals surface area contributed by atoms with Gasteiger partial charge in [-0.2, -0.15) is 5.10 Å². The van der Waals surface area contributed by atoms with E-state index in [-0.39, 0.29) is 5.91 Å². The molecular weight excluding hydrogens is 282 g/mol. The van der Waals surface area contributed by atoms with Crippen molar-refractivity contribution in [2.45, 2.75) is 13.5 Å². The zero-order valence-corrected chi connectivity index (χ0v) is 13.1. The van der Waals surface area contributed by atoms with Gasteiger partial charge in [-0.3, -0.25) is 9.48 Å². The van der Waals surface area contributed by atoms with Gasteiger partial charge in [0.25, 0.3) is 5.91 Å². The number of fused-ring (bicyclic) bond motifs is 1. The van der Waals surface area contributed by atoms with Crippen molar-refractivity contribution < 1.29 is 4.79 Å². The number of benzene rings is 1. The molecule has 0 saturated heterocycles. The van der Waals surface area contributed by atoms with Gasteiger partial charge in [-0.25, -0.2) is 0 Å². The number of thiophene rings is 1. The molecule has 4 nitrogen and oxygen atoms in total. The molecule has 0 atom stereocenters. The molecule has 3 aromatic rings. The predicted molar refractivity (Wildman–Crippen MR) is 85.6 cm³/mol. The number of carbonyl (C=O) groups excluding carboxylic acids is 1. The van der Waals surface area contributed by atoms with E-state index >= 15 is 0 Å². The molecule has 0 N–H and O–H groups in total. The summed E-state index contributed by atoms with van der Waals surface area (Å²) in [5.74, 6) is 0.0637. The van der Waals surface area contributed by atoms with E-state index in [0.717, 1.165) is 26.1 Å². The smallest absolute Gasteiger partial charge is 0.255 e. The van der Waals surface area contributed by atoms with E-state index < -0.39 is 0 Å². The normalized spacial score (nSPS) is 11.0. The fourth-order valence-corrected chi connectivity index (χ4v) is 3.58. The Labute approximate surface area is 127 Å². The molecule has 5 heteroatoms. The summed E-state index contributed by atoms with van der Waals surface area (Å²) in [5, 5.41) is 5.18. The fourth-order valence-electron chi connectivity index (χ4n) is 2.52. The highest BCUT2D eigenvalue weighted by Crippen LogP contribution is 2.31. The van der Waals surface area contributed by atoms with Crippen LogP contribution in [0, 0.1) is 6.92 Å². The second-order valence-corrected chi connectivity index (χ2v) is 6.47. The van der Waals surface area contributed by atoms with E-state index in [1.807, 2.05) is 45.4 Å². The summed E-state index contributed by atoms with van der Waals surface area (Å²) in [5.41, 5.74) is 1.85. The number of carbonyl (C=O) groups is 1. The summed E-state index contributed by atoms with van der Waals surface area (Å²) < 4.78 is 2.91. The third-order valence-electron chi connectivity index (χ3n) is 3.51. The van der Waals surface area contributed by atoms with Crippen LogP contribution >= 0.6 is 11.3 Å². The number of hydrogen-bond donors (Lipinski definition) is 0. The zero-order chi connectivity index (χ0) is 15.0. The van der Waals surface area contributed by atoms with Gasteiger partial charge in [0.15, 0.2) is 0 Å². The fraction of sp³-hybridized carbons (Fsp3) is 0.250. The Morgan fingerprint density at radius 2 is 2.14 bits per heavy atom. The van der Waals surface area contributed by atoms with E-state index in [2.05, 4.69) is 11.2 Å². The lowest BCUT2D eigenvalue weighted by molar-refractivity contribution is 0.0787. The maximum absolute atomic E-state index is 12.8. The highest BCUT2D eigenvalue weighted by Gasteiger charge is 2.19. The van der Waals surface area contributed by atoms with E-state index in [1.54, 1.807) is 27.1 Å². The maximum atomic E-state index is 12.8. The molecule has 108 valence electrons. The van der Waals surface area contributed by atoms with Crippen molar-refractivity contribution in [3.8, 4) is 0 Å². The Bertz CT molecular complexity index is 803. The minimum atomic E-state index is 0.0637. The van der Waals surface area contributed by atoms with Gasteiger partial charge < -0.3 is 4.90 Å². The largest absolute Gasteiger partial charge is 0.337 e. The van der Waals surface area contributed by atoms with Gasteiger partial charge in [-0.15, -0.1) is 11.3 Å². The number of hydrogen-bond acceptors (Lipinski definition) is 3. The van der Waals surface area contributed by atoms with Gasteiger partial charge in [0.2, 0.25) is 0 Å². The van der Waals surface area contributed by atoms with Crippen LogP contribution in [0.1, 0.15) is 20.8 Å². The van der Waals surface area contributed by atoms with Crippen molar-refractivity contribution in [2.24, 2.45) is 7.05 Å². The Hall–Kier alpha value is -2.14. The van der Waals surface area contributed by atoms with Crippen LogP contribution in [-0.2, 0) is 13.6 Å². The van der Waals surface area contributed by atoms with Crippen LogP contribution in [0.4, 0.5) is 0 Å². The van der Waals surface area contributed by atoms with Crippen LogP contribution in [0.25, 0.3) is 10.1 Å². The molecule has 0 fully saturated rings. The minimum Gasteiger partial charge on any atom is -0.337 e. The molecule has 0 saturated carbocycles. The topological polar surface area (TPSA) is 38.1 Å². The van der Waals surface area contributed by atoms with Crippen molar-refractivity contribution in [3.05, 3.63) is 52.7 Å². The van der Waals surface area contributed by atoms with Crippen LogP contribution in [0.5, 0.6) is 0 Å². The molecule has 0 aliphatic rings. The standard InChI is InChI=1S/C16H17N3OS/c1-11-15(13-6-4-5-7-14(13)21-11)16(20)18(2)9-12-8-17-19(3)10-12/h4-8,10H,9H2,1-3H3. The van der Waals surface area contributed by atoms with Crippen molar-refractivity contribution >= 4 is 27.3 Å². The van der Waals surface area contributed by atoms with Crippen molar-refractivity contribution in [2.75, 3.05) is 7.05 Å². The van der Waals surface area contributed by atoms with Gasteiger partial charge in [0.05, 0.1) is 11.8 Å². The highest BCUT2D eigenvalue weighted by atomic mass is 32.1. The molecule has 0 unspecified atom stereocenters. The molecule has 0 aliphatic heterocycles. The first kappa shape index (κ1) is 13.8. The monoisotopic (exact) mass is 299 g/mol. The first-order valence-electron chi connectivity index (χ1n) is 6.77. The zero-order valence-electron chi connectivity index (χ0n) is 12.3. The van der Waals surface area contributed by atoms with Crippen LogP contribution < -0.4 is 0 Å². The maximum Gasteiger partial charge on any atom is 0.255 e. The summed E-state index contributed by atoms with van der Waals surface area (Å²) in [7, 11) is 3.71. The van der Waals surface area contributed by atoms with Crippen LogP contribution in [-0.4, -0.2) is 27.6 Å². The minimum absolute atomic E-state index is 0.0637. The average molecular weight is 299 g/mol. The van der Waals surface area contributed by atoms with E-state index in [4.69, 9.17) is 0 Å². The Balaban J connectivity index is 1.91. The van der Waals surface area contributed by atoms with E-state index in [9.17, 15) is 4.79 Å². The van der Waals surface area contributed by atoms with Gasteiger partial charge in [-0.05, 0) is 13.0 Å². The van der Waals surface area contributed by atoms with Crippen LogP contribution in [0.2, 0.25) is 0 Å². The Morgan fingerprint density at radius 1 is 1.38 bits per heavy atom. The predicted octanol–water partition coefficient (Wildman–Crippen LogP) is 3.22. The van der Waals surface area contributed by atoms with E-state index in [0.29, 0.717) is 6.54 Å². The van der Waals surface area contributed by atoms with Crippen molar-refractivity contribution in [1.82, 2.24) is 14.7 Å². The van der Waals surface area contributed by atoms with Gasteiger partial charge in [0, 0.05) is 47.4 Å². The number of nitrogens with zero attached hydrogens (tertiary/aromatic N) is 3. The Morgan fingerprint density at radius 3 is 2.86 bits per heavy atom. The summed E-state index contributed by atoms with van der Waals surface area (Å²) >= 11 is 1.67. The number of aromatic nitrogens is 2. The Kier molecular flexibility index (Phi) is 3.51. The summed E-state index contributed by atoms with van der Waals surface area (Å²) in [6.45, 7) is 2.58. The van der Waals surface area contributed by atoms with Crippen LogP contribution in [0.3, 0.4) is 0 Å². The van der Waals surface area contributed by atoms with Crippen molar-refractivity contribution in [1.29, 1.82) is 0 Å². The quantitative estimate of drug-likeness (QED) is 0.745. The SMILES string of the molecule is Cc1sc2ccccc2c1C(=O)N(C)Cc1cnn(C)c1. The molecule has 0 spiro atoms. The lowest BCUT2D eigenvalue weighted by atomic mass is 10.1. The molecule has 21 heavy (non-hydrogen) atoms. The second-order valence-electron chi connectivity index (χ2n) is 5.21. The summed E-state index contributed by atoms with van der Waals surface area (Å²) in [6, 6.07) is 8.06. The molecule has 1 aromatic carbocycles. The molecule has 2 aromatic heterocycles. The molecular formula is C16H17N3OS. The summed E-state index contributed by atoms with van der Waals surface area (Å²) in [6.07, 6.45) is 3.73. The third kappa shape index (κ3) is 2.56. The lowest BCUT2D eigenvalue weighted by Gasteiger charge is -2.16. The number of rotatable bonds is 3. The second kappa shape index (κ2) is 5.33. The van der Waals surface area contributed by atoms with Crippen molar-refractivity contribution in [3.63, 3.8) is 0 Å². The molecule has 0 radical (unpaired) electrons. The molecule has 0 bridgehead atoms. The first-order chi connectivity index (χ1) is 10.1.